The molecule has 0 aliphatic carbocycles. The van der Waals surface area contributed by atoms with E-state index < -0.39 is 5.97 Å². The van der Waals surface area contributed by atoms with Crippen LogP contribution in [0.5, 0.6) is 0 Å². The normalized spacial score (nSPS) is 15.5. The molecule has 0 radical (unpaired) electrons. The monoisotopic (exact) mass is 248 g/mol. The molecule has 0 spiro atoms. The molecule has 1 aromatic heterocycles. The van der Waals surface area contributed by atoms with Gasteiger partial charge in [-0.05, 0) is 24.1 Å². The Kier molecular flexibility index (Phi) is 3.62. The van der Waals surface area contributed by atoms with Crippen molar-refractivity contribution in [1.82, 2.24) is 4.98 Å². The van der Waals surface area contributed by atoms with Gasteiger partial charge in [0.15, 0.2) is 0 Å². The van der Waals surface area contributed by atoms with Gasteiger partial charge in [0.25, 0.3) is 0 Å². The molecule has 0 amide bonds. The van der Waals surface area contributed by atoms with E-state index in [2.05, 4.69) is 11.6 Å². The van der Waals surface area contributed by atoms with Crippen LogP contribution in [0.25, 0.3) is 5.57 Å². The first-order valence-corrected chi connectivity index (χ1v) is 5.81. The number of aromatic nitrogens is 1. The van der Waals surface area contributed by atoms with E-state index >= 15 is 0 Å². The maximum Gasteiger partial charge on any atom is 0.339 e. The number of aromatic carboxylic acids is 1. The van der Waals surface area contributed by atoms with Crippen LogP contribution in [-0.2, 0) is 4.74 Å². The number of rotatable bonds is 3. The molecule has 1 aliphatic heterocycles. The Balaban J connectivity index is 2.39. The number of nitrogens with zero attached hydrogens (tertiary/aromatic N) is 2. The van der Waals surface area contributed by atoms with Crippen molar-refractivity contribution in [3.05, 3.63) is 30.0 Å². The molecule has 5 nitrogen and oxygen atoms in total. The van der Waals surface area contributed by atoms with Crippen molar-refractivity contribution in [2.45, 2.75) is 6.92 Å². The molecule has 1 N–H and O–H groups in total. The van der Waals surface area contributed by atoms with Gasteiger partial charge in [0.1, 0.15) is 11.4 Å². The molecular weight excluding hydrogens is 232 g/mol. The average Bonchev–Trinajstić information content (AvgIpc) is 2.39. The summed E-state index contributed by atoms with van der Waals surface area (Å²) in [6.45, 7) is 8.16. The molecule has 2 heterocycles. The lowest BCUT2D eigenvalue weighted by Crippen LogP contribution is -2.37. The molecule has 0 unspecified atom stereocenters. The Labute approximate surface area is 106 Å². The molecule has 1 aliphatic rings. The van der Waals surface area contributed by atoms with Gasteiger partial charge in [0.2, 0.25) is 0 Å². The van der Waals surface area contributed by atoms with Gasteiger partial charge in [-0.2, -0.15) is 0 Å². The van der Waals surface area contributed by atoms with E-state index in [9.17, 15) is 9.90 Å². The number of pyridine rings is 1. The highest BCUT2D eigenvalue weighted by Crippen LogP contribution is 2.22. The Morgan fingerprint density at radius 1 is 1.50 bits per heavy atom. The predicted molar refractivity (Wildman–Crippen MR) is 68.9 cm³/mol. The zero-order valence-corrected chi connectivity index (χ0v) is 10.3. The molecule has 18 heavy (non-hydrogen) atoms. The SMILES string of the molecule is C=C(C)c1cnc(N2CCOCC2)c(C(=O)O)c1. The third-order valence-electron chi connectivity index (χ3n) is 2.90. The summed E-state index contributed by atoms with van der Waals surface area (Å²) in [6, 6.07) is 1.63. The van der Waals surface area contributed by atoms with E-state index in [4.69, 9.17) is 4.74 Å². The Hall–Kier alpha value is -1.88. The molecule has 0 bridgehead atoms. The summed E-state index contributed by atoms with van der Waals surface area (Å²) in [4.78, 5) is 17.5. The van der Waals surface area contributed by atoms with E-state index in [1.165, 1.54) is 0 Å². The zero-order chi connectivity index (χ0) is 13.1. The van der Waals surface area contributed by atoms with Crippen LogP contribution in [0, 0.1) is 0 Å². The van der Waals surface area contributed by atoms with Crippen LogP contribution in [0.15, 0.2) is 18.8 Å². The smallest absolute Gasteiger partial charge is 0.339 e. The van der Waals surface area contributed by atoms with Gasteiger partial charge in [-0.25, -0.2) is 9.78 Å². The Morgan fingerprint density at radius 2 is 2.17 bits per heavy atom. The van der Waals surface area contributed by atoms with Crippen molar-refractivity contribution in [2.24, 2.45) is 0 Å². The van der Waals surface area contributed by atoms with Gasteiger partial charge in [-0.1, -0.05) is 6.58 Å². The van der Waals surface area contributed by atoms with E-state index in [1.807, 2.05) is 11.8 Å². The van der Waals surface area contributed by atoms with Gasteiger partial charge in [0, 0.05) is 19.3 Å². The molecule has 1 fully saturated rings. The fourth-order valence-electron chi connectivity index (χ4n) is 1.88. The van der Waals surface area contributed by atoms with Crippen LogP contribution < -0.4 is 4.90 Å². The van der Waals surface area contributed by atoms with Crippen molar-refractivity contribution in [2.75, 3.05) is 31.2 Å². The van der Waals surface area contributed by atoms with Crippen molar-refractivity contribution >= 4 is 17.4 Å². The van der Waals surface area contributed by atoms with Gasteiger partial charge in [0.05, 0.1) is 13.2 Å². The van der Waals surface area contributed by atoms with Crippen molar-refractivity contribution in [1.29, 1.82) is 0 Å². The lowest BCUT2D eigenvalue weighted by molar-refractivity contribution is 0.0695. The summed E-state index contributed by atoms with van der Waals surface area (Å²) in [5, 5.41) is 9.27. The highest BCUT2D eigenvalue weighted by atomic mass is 16.5. The molecule has 96 valence electrons. The van der Waals surface area contributed by atoms with Crippen LogP contribution in [0.2, 0.25) is 0 Å². The van der Waals surface area contributed by atoms with Crippen molar-refractivity contribution < 1.29 is 14.6 Å². The molecule has 5 heteroatoms. The van der Waals surface area contributed by atoms with Crippen LogP contribution in [0.1, 0.15) is 22.8 Å². The quantitative estimate of drug-likeness (QED) is 0.881. The molecule has 0 atom stereocenters. The number of carboxylic acid groups (broad SMARTS) is 1. The molecule has 0 saturated carbocycles. The standard InChI is InChI=1S/C13H16N2O3/c1-9(2)10-7-11(13(16)17)12(14-8-10)15-3-5-18-6-4-15/h7-8H,1,3-6H2,2H3,(H,16,17). The van der Waals surface area contributed by atoms with Crippen molar-refractivity contribution in [3.63, 3.8) is 0 Å². The van der Waals surface area contributed by atoms with Crippen LogP contribution >= 0.6 is 0 Å². The highest BCUT2D eigenvalue weighted by Gasteiger charge is 2.20. The largest absolute Gasteiger partial charge is 0.478 e. The summed E-state index contributed by atoms with van der Waals surface area (Å²) in [5.74, 6) is -0.456. The first-order chi connectivity index (χ1) is 8.59. The maximum atomic E-state index is 11.3. The van der Waals surface area contributed by atoms with E-state index in [1.54, 1.807) is 12.3 Å². The van der Waals surface area contributed by atoms with Gasteiger partial charge >= 0.3 is 5.97 Å². The predicted octanol–water partition coefficient (Wildman–Crippen LogP) is 1.65. The number of ether oxygens (including phenoxy) is 1. The summed E-state index contributed by atoms with van der Waals surface area (Å²) in [7, 11) is 0. The number of morpholine rings is 1. The Bertz CT molecular complexity index is 479. The minimum Gasteiger partial charge on any atom is -0.478 e. The highest BCUT2D eigenvalue weighted by molar-refractivity contribution is 5.94. The molecule has 0 aromatic carbocycles. The van der Waals surface area contributed by atoms with E-state index in [0.29, 0.717) is 32.1 Å². The zero-order valence-electron chi connectivity index (χ0n) is 10.3. The summed E-state index contributed by atoms with van der Waals surface area (Å²) >= 11 is 0. The number of carbonyl (C=O) groups is 1. The fraction of sp³-hybridized carbons (Fsp3) is 0.385. The first kappa shape index (κ1) is 12.6. The molecule has 1 saturated heterocycles. The van der Waals surface area contributed by atoms with Gasteiger partial charge in [-0.15, -0.1) is 0 Å². The van der Waals surface area contributed by atoms with Crippen LogP contribution in [0.4, 0.5) is 5.82 Å². The van der Waals surface area contributed by atoms with E-state index in [-0.39, 0.29) is 5.56 Å². The molecular formula is C13H16N2O3. The lowest BCUT2D eigenvalue weighted by atomic mass is 10.1. The molecule has 2 rings (SSSR count). The summed E-state index contributed by atoms with van der Waals surface area (Å²) in [5.41, 5.74) is 1.78. The number of carboxylic acids is 1. The third-order valence-corrected chi connectivity index (χ3v) is 2.90. The minimum atomic E-state index is -0.966. The summed E-state index contributed by atoms with van der Waals surface area (Å²) in [6.07, 6.45) is 1.67. The van der Waals surface area contributed by atoms with E-state index in [0.717, 1.165) is 11.1 Å². The number of anilines is 1. The topological polar surface area (TPSA) is 62.7 Å². The maximum absolute atomic E-state index is 11.3. The van der Waals surface area contributed by atoms with Gasteiger partial charge in [-0.3, -0.25) is 0 Å². The second-order valence-electron chi connectivity index (χ2n) is 4.28. The fourth-order valence-corrected chi connectivity index (χ4v) is 1.88. The minimum absolute atomic E-state index is 0.220. The number of allylic oxidation sites excluding steroid dienone is 1. The summed E-state index contributed by atoms with van der Waals surface area (Å²) < 4.78 is 5.25. The average molecular weight is 248 g/mol. The van der Waals surface area contributed by atoms with Crippen LogP contribution in [0.3, 0.4) is 0 Å². The number of hydrogen-bond donors (Lipinski definition) is 1. The van der Waals surface area contributed by atoms with Crippen molar-refractivity contribution in [3.8, 4) is 0 Å². The Morgan fingerprint density at radius 3 is 2.72 bits per heavy atom. The second-order valence-corrected chi connectivity index (χ2v) is 4.28. The number of hydrogen-bond acceptors (Lipinski definition) is 4. The van der Waals surface area contributed by atoms with Gasteiger partial charge < -0.3 is 14.7 Å². The van der Waals surface area contributed by atoms with Crippen LogP contribution in [-0.4, -0.2) is 42.4 Å². The lowest BCUT2D eigenvalue weighted by Gasteiger charge is -2.28. The first-order valence-electron chi connectivity index (χ1n) is 5.81. The second kappa shape index (κ2) is 5.18. The third kappa shape index (κ3) is 2.51. The molecule has 1 aromatic rings.